The summed E-state index contributed by atoms with van der Waals surface area (Å²) >= 11 is 0. The molecule has 0 saturated heterocycles. The van der Waals surface area contributed by atoms with Crippen LogP contribution in [0.25, 0.3) is 6.08 Å². The highest BCUT2D eigenvalue weighted by Gasteiger charge is 2.09. The number of hydrogen-bond acceptors (Lipinski definition) is 4. The number of ether oxygens (including phenoxy) is 1. The SMILES string of the molecule is O=C(C=Cc1ccccc1)OC(CO)CO. The van der Waals surface area contributed by atoms with Gasteiger partial charge in [-0.15, -0.1) is 0 Å². The molecule has 4 heteroatoms. The van der Waals surface area contributed by atoms with Crippen LogP contribution in [0, 0.1) is 0 Å². The normalized spacial score (nSPS) is 10.9. The fourth-order valence-corrected chi connectivity index (χ4v) is 1.06. The Morgan fingerprint density at radius 3 is 2.44 bits per heavy atom. The van der Waals surface area contributed by atoms with Gasteiger partial charge >= 0.3 is 5.97 Å². The molecule has 0 aliphatic rings. The topological polar surface area (TPSA) is 66.8 Å². The van der Waals surface area contributed by atoms with E-state index in [1.807, 2.05) is 30.3 Å². The zero-order chi connectivity index (χ0) is 11.8. The summed E-state index contributed by atoms with van der Waals surface area (Å²) in [5.41, 5.74) is 0.879. The van der Waals surface area contributed by atoms with E-state index >= 15 is 0 Å². The van der Waals surface area contributed by atoms with Crippen LogP contribution in [-0.4, -0.2) is 35.5 Å². The minimum atomic E-state index is -0.854. The van der Waals surface area contributed by atoms with Crippen molar-refractivity contribution in [1.82, 2.24) is 0 Å². The highest BCUT2D eigenvalue weighted by atomic mass is 16.6. The molecule has 0 amide bonds. The van der Waals surface area contributed by atoms with Crippen molar-refractivity contribution in [3.8, 4) is 0 Å². The Morgan fingerprint density at radius 2 is 1.88 bits per heavy atom. The van der Waals surface area contributed by atoms with Crippen LogP contribution in [0.3, 0.4) is 0 Å². The molecule has 0 unspecified atom stereocenters. The Labute approximate surface area is 93.8 Å². The minimum absolute atomic E-state index is 0.387. The van der Waals surface area contributed by atoms with Gasteiger partial charge in [-0.3, -0.25) is 0 Å². The number of aliphatic hydroxyl groups is 2. The second-order valence-corrected chi connectivity index (χ2v) is 3.17. The van der Waals surface area contributed by atoms with Gasteiger partial charge in [-0.2, -0.15) is 0 Å². The molecule has 0 aliphatic heterocycles. The minimum Gasteiger partial charge on any atom is -0.454 e. The van der Waals surface area contributed by atoms with Crippen molar-refractivity contribution in [2.24, 2.45) is 0 Å². The van der Waals surface area contributed by atoms with Gasteiger partial charge < -0.3 is 14.9 Å². The maximum atomic E-state index is 11.2. The van der Waals surface area contributed by atoms with E-state index < -0.39 is 12.1 Å². The summed E-state index contributed by atoms with van der Waals surface area (Å²) in [5, 5.41) is 17.4. The highest BCUT2D eigenvalue weighted by molar-refractivity contribution is 5.87. The summed E-state index contributed by atoms with van der Waals surface area (Å²) < 4.78 is 4.74. The Bertz CT molecular complexity index is 341. The number of aliphatic hydroxyl groups excluding tert-OH is 2. The summed E-state index contributed by atoms with van der Waals surface area (Å²) in [6, 6.07) is 9.28. The van der Waals surface area contributed by atoms with E-state index in [4.69, 9.17) is 14.9 Å². The second kappa shape index (κ2) is 6.76. The first-order valence-corrected chi connectivity index (χ1v) is 4.91. The number of carbonyl (C=O) groups excluding carboxylic acids is 1. The molecule has 0 bridgehead atoms. The van der Waals surface area contributed by atoms with Crippen molar-refractivity contribution in [3.63, 3.8) is 0 Å². The third kappa shape index (κ3) is 4.25. The lowest BCUT2D eigenvalue weighted by Gasteiger charge is -2.10. The predicted molar refractivity (Wildman–Crippen MR) is 59.5 cm³/mol. The number of esters is 1. The Morgan fingerprint density at radius 1 is 1.25 bits per heavy atom. The molecule has 2 N–H and O–H groups in total. The summed E-state index contributed by atoms with van der Waals surface area (Å²) in [7, 11) is 0. The Balaban J connectivity index is 2.48. The number of benzene rings is 1. The molecule has 0 spiro atoms. The molecule has 0 fully saturated rings. The smallest absolute Gasteiger partial charge is 0.331 e. The van der Waals surface area contributed by atoms with Crippen LogP contribution in [0.4, 0.5) is 0 Å². The van der Waals surface area contributed by atoms with Gasteiger partial charge in [0.2, 0.25) is 0 Å². The molecule has 0 aliphatic carbocycles. The molecule has 4 nitrogen and oxygen atoms in total. The van der Waals surface area contributed by atoms with E-state index in [1.165, 1.54) is 6.08 Å². The monoisotopic (exact) mass is 222 g/mol. The van der Waals surface area contributed by atoms with Gasteiger partial charge in [-0.05, 0) is 11.6 Å². The molecule has 0 heterocycles. The van der Waals surface area contributed by atoms with Gasteiger partial charge in [0.15, 0.2) is 0 Å². The van der Waals surface area contributed by atoms with Crippen LogP contribution in [0.2, 0.25) is 0 Å². The average molecular weight is 222 g/mol. The lowest BCUT2D eigenvalue weighted by molar-refractivity contribution is -0.147. The number of carbonyl (C=O) groups is 1. The largest absolute Gasteiger partial charge is 0.454 e. The van der Waals surface area contributed by atoms with Crippen molar-refractivity contribution in [1.29, 1.82) is 0 Å². The van der Waals surface area contributed by atoms with Crippen molar-refractivity contribution in [2.75, 3.05) is 13.2 Å². The molecule has 86 valence electrons. The quantitative estimate of drug-likeness (QED) is 0.565. The van der Waals surface area contributed by atoms with Crippen LogP contribution in [0.1, 0.15) is 5.56 Å². The molecule has 1 aromatic rings. The number of hydrogen-bond donors (Lipinski definition) is 2. The predicted octanol–water partition coefficient (Wildman–Crippen LogP) is 0.596. The molecule has 0 radical (unpaired) electrons. The molecule has 0 saturated carbocycles. The third-order valence-electron chi connectivity index (χ3n) is 1.90. The van der Waals surface area contributed by atoms with E-state index in [0.29, 0.717) is 0 Å². The first kappa shape index (κ1) is 12.4. The zero-order valence-corrected chi connectivity index (χ0v) is 8.74. The van der Waals surface area contributed by atoms with Crippen LogP contribution < -0.4 is 0 Å². The van der Waals surface area contributed by atoms with Crippen LogP contribution in [0.15, 0.2) is 36.4 Å². The van der Waals surface area contributed by atoms with Gasteiger partial charge in [0.25, 0.3) is 0 Å². The summed E-state index contributed by atoms with van der Waals surface area (Å²) in [6.07, 6.45) is 2.01. The van der Waals surface area contributed by atoms with Crippen molar-refractivity contribution in [2.45, 2.75) is 6.10 Å². The van der Waals surface area contributed by atoms with E-state index in [-0.39, 0.29) is 13.2 Å². The molecule has 16 heavy (non-hydrogen) atoms. The molecular weight excluding hydrogens is 208 g/mol. The summed E-state index contributed by atoms with van der Waals surface area (Å²) in [6.45, 7) is -0.775. The Hall–Kier alpha value is -1.65. The van der Waals surface area contributed by atoms with Gasteiger partial charge in [-0.1, -0.05) is 30.3 Å². The first-order chi connectivity index (χ1) is 7.76. The van der Waals surface area contributed by atoms with Crippen LogP contribution >= 0.6 is 0 Å². The maximum absolute atomic E-state index is 11.2. The van der Waals surface area contributed by atoms with Crippen LogP contribution in [-0.2, 0) is 9.53 Å². The zero-order valence-electron chi connectivity index (χ0n) is 8.74. The lowest BCUT2D eigenvalue weighted by atomic mass is 10.2. The fraction of sp³-hybridized carbons (Fsp3) is 0.250. The number of rotatable bonds is 5. The fourth-order valence-electron chi connectivity index (χ4n) is 1.06. The molecule has 1 rings (SSSR count). The van der Waals surface area contributed by atoms with E-state index in [2.05, 4.69) is 0 Å². The van der Waals surface area contributed by atoms with E-state index in [1.54, 1.807) is 6.08 Å². The average Bonchev–Trinajstić information content (AvgIpc) is 2.34. The van der Waals surface area contributed by atoms with Crippen molar-refractivity contribution < 1.29 is 19.7 Å². The first-order valence-electron chi connectivity index (χ1n) is 4.91. The maximum Gasteiger partial charge on any atom is 0.331 e. The van der Waals surface area contributed by atoms with Crippen LogP contribution in [0.5, 0.6) is 0 Å². The molecule has 1 aromatic carbocycles. The summed E-state index contributed by atoms with van der Waals surface area (Å²) in [5.74, 6) is -0.586. The standard InChI is InChI=1S/C12H14O4/c13-8-11(9-14)16-12(15)7-6-10-4-2-1-3-5-10/h1-7,11,13-14H,8-9H2. The second-order valence-electron chi connectivity index (χ2n) is 3.17. The lowest BCUT2D eigenvalue weighted by Crippen LogP contribution is -2.24. The van der Waals surface area contributed by atoms with Gasteiger partial charge in [0, 0.05) is 6.08 Å². The molecule has 0 atom stereocenters. The van der Waals surface area contributed by atoms with Gasteiger partial charge in [0.1, 0.15) is 6.10 Å². The van der Waals surface area contributed by atoms with E-state index in [9.17, 15) is 4.79 Å². The summed E-state index contributed by atoms with van der Waals surface area (Å²) in [4.78, 5) is 11.2. The van der Waals surface area contributed by atoms with E-state index in [0.717, 1.165) is 5.56 Å². The third-order valence-corrected chi connectivity index (χ3v) is 1.90. The molecule has 0 aromatic heterocycles. The van der Waals surface area contributed by atoms with Crippen molar-refractivity contribution in [3.05, 3.63) is 42.0 Å². The molecular formula is C12H14O4. The van der Waals surface area contributed by atoms with Gasteiger partial charge in [0.05, 0.1) is 13.2 Å². The highest BCUT2D eigenvalue weighted by Crippen LogP contribution is 2.01. The van der Waals surface area contributed by atoms with Crippen molar-refractivity contribution >= 4 is 12.0 Å². The van der Waals surface area contributed by atoms with Gasteiger partial charge in [-0.25, -0.2) is 4.79 Å². The Kier molecular flexibility index (Phi) is 5.25.